The largest absolute Gasteiger partial charge is 0.402 e. The molecule has 1 aliphatic carbocycles. The van der Waals surface area contributed by atoms with Gasteiger partial charge in [-0.25, -0.2) is 0 Å². The average Bonchev–Trinajstić information content (AvgIpc) is 3.29. The van der Waals surface area contributed by atoms with Crippen molar-refractivity contribution in [2.45, 2.75) is 39.4 Å². The normalized spacial score (nSPS) is 21.2. The predicted octanol–water partition coefficient (Wildman–Crippen LogP) is -0.0596. The molecule has 10 heteroatoms. The van der Waals surface area contributed by atoms with Gasteiger partial charge in [0.05, 0.1) is 18.4 Å². The van der Waals surface area contributed by atoms with Gasteiger partial charge in [-0.15, -0.1) is 0 Å². The Morgan fingerprint density at radius 2 is 1.64 bits per heavy atom. The lowest BCUT2D eigenvalue weighted by Gasteiger charge is -2.28. The summed E-state index contributed by atoms with van der Waals surface area (Å²) in [7, 11) is 0. The molecule has 144 valence electrons. The Morgan fingerprint density at radius 3 is 2.12 bits per heavy atom. The van der Waals surface area contributed by atoms with E-state index >= 15 is 0 Å². The van der Waals surface area contributed by atoms with Crippen LogP contribution in [0.1, 0.15) is 27.2 Å². The number of carbonyl (C=O) groups is 3. The summed E-state index contributed by atoms with van der Waals surface area (Å²) in [5.74, 6) is -2.83. The van der Waals surface area contributed by atoms with Crippen LogP contribution in [0.15, 0.2) is 0 Å². The maximum Gasteiger partial charge on any atom is 0.402 e. The Kier molecular flexibility index (Phi) is 6.81. The van der Waals surface area contributed by atoms with Crippen molar-refractivity contribution in [2.75, 3.05) is 19.7 Å². The quantitative estimate of drug-likeness (QED) is 0.482. The van der Waals surface area contributed by atoms with E-state index in [0.29, 0.717) is 6.42 Å². The first kappa shape index (κ1) is 21.2. The van der Waals surface area contributed by atoms with E-state index in [1.165, 1.54) is 6.92 Å². The van der Waals surface area contributed by atoms with Crippen LogP contribution in [0.3, 0.4) is 0 Å². The summed E-state index contributed by atoms with van der Waals surface area (Å²) in [6.45, 7) is 2.92. The second kappa shape index (κ2) is 8.03. The van der Waals surface area contributed by atoms with Crippen LogP contribution in [0, 0.1) is 17.3 Å². The molecule has 1 saturated carbocycles. The number of hydrogen-bond acceptors (Lipinski definition) is 4. The van der Waals surface area contributed by atoms with E-state index in [1.54, 1.807) is 0 Å². The summed E-state index contributed by atoms with van der Waals surface area (Å²) in [6, 6.07) is -0.696. The van der Waals surface area contributed by atoms with E-state index in [0.717, 1.165) is 13.8 Å². The van der Waals surface area contributed by atoms with Gasteiger partial charge in [-0.3, -0.25) is 14.4 Å². The molecule has 7 nitrogen and oxygen atoms in total. The number of nitrogens with one attached hydrogen (secondary N) is 3. The molecule has 0 radical (unpaired) electrons. The first-order chi connectivity index (χ1) is 11.4. The van der Waals surface area contributed by atoms with Crippen LogP contribution in [0.5, 0.6) is 0 Å². The monoisotopic (exact) mass is 367 g/mol. The fourth-order valence-corrected chi connectivity index (χ4v) is 2.05. The third kappa shape index (κ3) is 5.58. The molecule has 0 aliphatic heterocycles. The Labute approximate surface area is 143 Å². The predicted molar refractivity (Wildman–Crippen MR) is 82.1 cm³/mol. The third-order valence-electron chi connectivity index (χ3n) is 4.11. The highest BCUT2D eigenvalue weighted by Crippen LogP contribution is 2.39. The smallest absolute Gasteiger partial charge is 0.395 e. The van der Waals surface area contributed by atoms with Crippen LogP contribution in [0.2, 0.25) is 0 Å². The summed E-state index contributed by atoms with van der Waals surface area (Å²) in [4.78, 5) is 35.2. The molecule has 0 spiro atoms. The molecule has 0 bridgehead atoms. The number of carbonyl (C=O) groups excluding carboxylic acids is 3. The van der Waals surface area contributed by atoms with Gasteiger partial charge in [-0.05, 0) is 27.2 Å². The lowest BCUT2D eigenvalue weighted by molar-refractivity contribution is -0.211. The van der Waals surface area contributed by atoms with Crippen LogP contribution in [0.25, 0.3) is 0 Å². The summed E-state index contributed by atoms with van der Waals surface area (Å²) < 4.78 is 38.4. The second-order valence-corrected chi connectivity index (χ2v) is 6.71. The van der Waals surface area contributed by atoms with Gasteiger partial charge in [-0.2, -0.15) is 13.2 Å². The van der Waals surface area contributed by atoms with Gasteiger partial charge < -0.3 is 21.1 Å². The minimum Gasteiger partial charge on any atom is -0.395 e. The van der Waals surface area contributed by atoms with Crippen molar-refractivity contribution < 1.29 is 32.7 Å². The lowest BCUT2D eigenvalue weighted by Crippen LogP contribution is -2.51. The van der Waals surface area contributed by atoms with E-state index in [4.69, 9.17) is 5.11 Å². The molecule has 1 fully saturated rings. The number of halogens is 3. The number of aliphatic hydroxyl groups is 1. The molecular weight excluding hydrogens is 343 g/mol. The SMILES string of the molecule is CC(CNC(=O)[C@@H]1C[C@@H]1C(=O)NCCO)NC(=O)C(C)(C)C(F)(F)F. The highest BCUT2D eigenvalue weighted by Gasteiger charge is 2.53. The highest BCUT2D eigenvalue weighted by atomic mass is 19.4. The van der Waals surface area contributed by atoms with Crippen molar-refractivity contribution in [3.8, 4) is 0 Å². The first-order valence-corrected chi connectivity index (χ1v) is 7.95. The number of rotatable bonds is 8. The van der Waals surface area contributed by atoms with E-state index in [9.17, 15) is 27.6 Å². The molecule has 1 aliphatic rings. The van der Waals surface area contributed by atoms with Crippen LogP contribution in [-0.4, -0.2) is 54.7 Å². The van der Waals surface area contributed by atoms with Crippen LogP contribution in [-0.2, 0) is 14.4 Å². The Hall–Kier alpha value is -1.84. The minimum absolute atomic E-state index is 0.0417. The molecule has 1 unspecified atom stereocenters. The van der Waals surface area contributed by atoms with Gasteiger partial charge in [0.2, 0.25) is 17.7 Å². The fraction of sp³-hybridized carbons (Fsp3) is 0.800. The van der Waals surface area contributed by atoms with Gasteiger partial charge in [0.1, 0.15) is 5.41 Å². The van der Waals surface area contributed by atoms with Crippen molar-refractivity contribution in [2.24, 2.45) is 17.3 Å². The standard InChI is InChI=1S/C15H24F3N3O4/c1-8(21-13(25)14(2,3)15(16,17)18)7-20-12(24)10-6-9(10)11(23)19-4-5-22/h8-10,22H,4-7H2,1-3H3,(H,19,23)(H,20,24)(H,21,25)/t8?,9-,10+/m0/s1. The number of amides is 3. The second-order valence-electron chi connectivity index (χ2n) is 6.71. The maximum absolute atomic E-state index is 12.8. The van der Waals surface area contributed by atoms with Crippen molar-refractivity contribution in [3.63, 3.8) is 0 Å². The molecule has 0 heterocycles. The van der Waals surface area contributed by atoms with E-state index < -0.39 is 35.4 Å². The van der Waals surface area contributed by atoms with Gasteiger partial charge in [0, 0.05) is 19.1 Å². The zero-order valence-electron chi connectivity index (χ0n) is 14.4. The van der Waals surface area contributed by atoms with Crippen molar-refractivity contribution in [1.29, 1.82) is 0 Å². The van der Waals surface area contributed by atoms with E-state index in [-0.39, 0.29) is 31.5 Å². The molecule has 4 N–H and O–H groups in total. The number of alkyl halides is 3. The molecule has 0 saturated heterocycles. The summed E-state index contributed by atoms with van der Waals surface area (Å²) in [5, 5.41) is 15.8. The van der Waals surface area contributed by atoms with Gasteiger partial charge >= 0.3 is 6.18 Å². The highest BCUT2D eigenvalue weighted by molar-refractivity contribution is 5.92. The topological polar surface area (TPSA) is 108 Å². The molecular formula is C15H24F3N3O4. The van der Waals surface area contributed by atoms with Crippen LogP contribution in [0.4, 0.5) is 13.2 Å². The number of aliphatic hydroxyl groups excluding tert-OH is 1. The van der Waals surface area contributed by atoms with Crippen LogP contribution >= 0.6 is 0 Å². The molecule has 1 rings (SSSR count). The van der Waals surface area contributed by atoms with Crippen molar-refractivity contribution in [1.82, 2.24) is 16.0 Å². The summed E-state index contributed by atoms with van der Waals surface area (Å²) >= 11 is 0. The molecule has 0 aromatic heterocycles. The van der Waals surface area contributed by atoms with Gasteiger partial charge in [0.15, 0.2) is 0 Å². The molecule has 3 amide bonds. The summed E-state index contributed by atoms with van der Waals surface area (Å²) in [5.41, 5.74) is -2.53. The average molecular weight is 367 g/mol. The third-order valence-corrected chi connectivity index (χ3v) is 4.11. The number of hydrogen-bond donors (Lipinski definition) is 4. The van der Waals surface area contributed by atoms with E-state index in [2.05, 4.69) is 16.0 Å². The lowest BCUT2D eigenvalue weighted by atomic mass is 9.91. The van der Waals surface area contributed by atoms with Crippen LogP contribution < -0.4 is 16.0 Å². The Bertz CT molecular complexity index is 523. The van der Waals surface area contributed by atoms with E-state index in [1.807, 2.05) is 0 Å². The zero-order chi connectivity index (χ0) is 19.4. The molecule has 3 atom stereocenters. The summed E-state index contributed by atoms with van der Waals surface area (Å²) in [6.07, 6.45) is -4.30. The zero-order valence-corrected chi connectivity index (χ0v) is 14.4. The van der Waals surface area contributed by atoms with Crippen molar-refractivity contribution in [3.05, 3.63) is 0 Å². The van der Waals surface area contributed by atoms with Gasteiger partial charge in [-0.1, -0.05) is 0 Å². The molecule has 25 heavy (non-hydrogen) atoms. The fourth-order valence-electron chi connectivity index (χ4n) is 2.05. The Balaban J connectivity index is 2.38. The first-order valence-electron chi connectivity index (χ1n) is 7.95. The molecule has 0 aromatic carbocycles. The maximum atomic E-state index is 12.8. The minimum atomic E-state index is -4.68. The molecule has 0 aromatic rings. The van der Waals surface area contributed by atoms with Crippen molar-refractivity contribution >= 4 is 17.7 Å². The van der Waals surface area contributed by atoms with Gasteiger partial charge in [0.25, 0.3) is 0 Å². The Morgan fingerprint density at radius 1 is 1.12 bits per heavy atom.